The molecule has 2 N–H and O–H groups in total. The maximum atomic E-state index is 12.0. The Morgan fingerprint density at radius 1 is 1.40 bits per heavy atom. The number of benzene rings is 1. The molecule has 0 unspecified atom stereocenters. The van der Waals surface area contributed by atoms with Crippen LogP contribution in [0.4, 0.5) is 4.79 Å². The van der Waals surface area contributed by atoms with E-state index in [-0.39, 0.29) is 0 Å². The summed E-state index contributed by atoms with van der Waals surface area (Å²) in [4.78, 5) is 24.4. The number of aliphatic carboxylic acids is 1. The van der Waals surface area contributed by atoms with Crippen LogP contribution in [0.25, 0.3) is 0 Å². The number of amides is 2. The van der Waals surface area contributed by atoms with Gasteiger partial charge < -0.3 is 15.3 Å². The number of hydrogen-bond acceptors (Lipinski definition) is 2. The first-order valence-corrected chi connectivity index (χ1v) is 6.81. The van der Waals surface area contributed by atoms with Crippen molar-refractivity contribution in [3.05, 3.63) is 34.9 Å². The van der Waals surface area contributed by atoms with E-state index in [4.69, 9.17) is 16.7 Å². The highest BCUT2D eigenvalue weighted by atomic mass is 35.5. The molecule has 6 heteroatoms. The van der Waals surface area contributed by atoms with Crippen molar-refractivity contribution >= 4 is 23.6 Å². The van der Waals surface area contributed by atoms with Gasteiger partial charge in [-0.25, -0.2) is 9.59 Å². The molecule has 110 valence electrons. The van der Waals surface area contributed by atoms with Crippen molar-refractivity contribution in [2.75, 3.05) is 7.05 Å². The van der Waals surface area contributed by atoms with Crippen LogP contribution >= 0.6 is 11.6 Å². The van der Waals surface area contributed by atoms with Gasteiger partial charge in [0.15, 0.2) is 0 Å². The quantitative estimate of drug-likeness (QED) is 0.848. The van der Waals surface area contributed by atoms with E-state index < -0.39 is 18.0 Å². The zero-order valence-electron chi connectivity index (χ0n) is 11.6. The van der Waals surface area contributed by atoms with Crippen molar-refractivity contribution in [1.82, 2.24) is 10.2 Å². The Kier molecular flexibility index (Phi) is 6.31. The maximum Gasteiger partial charge on any atom is 0.326 e. The molecule has 0 aliphatic heterocycles. The summed E-state index contributed by atoms with van der Waals surface area (Å²) >= 11 is 6.03. The van der Waals surface area contributed by atoms with Gasteiger partial charge in [0.25, 0.3) is 0 Å². The topological polar surface area (TPSA) is 69.6 Å². The van der Waals surface area contributed by atoms with Gasteiger partial charge in [0.2, 0.25) is 0 Å². The SMILES string of the molecule is CCC[C@@H](NC(=O)N(C)Cc1ccccc1Cl)C(=O)O. The minimum absolute atomic E-state index is 0.323. The van der Waals surface area contributed by atoms with Gasteiger partial charge in [-0.15, -0.1) is 0 Å². The number of urea groups is 1. The number of hydrogen-bond donors (Lipinski definition) is 2. The highest BCUT2D eigenvalue weighted by molar-refractivity contribution is 6.31. The summed E-state index contributed by atoms with van der Waals surface area (Å²) in [6.45, 7) is 2.19. The largest absolute Gasteiger partial charge is 0.480 e. The van der Waals surface area contributed by atoms with E-state index in [0.29, 0.717) is 24.4 Å². The Morgan fingerprint density at radius 3 is 2.60 bits per heavy atom. The van der Waals surface area contributed by atoms with Crippen molar-refractivity contribution in [3.63, 3.8) is 0 Å². The van der Waals surface area contributed by atoms with Crippen LogP contribution in [0.5, 0.6) is 0 Å². The van der Waals surface area contributed by atoms with Gasteiger partial charge >= 0.3 is 12.0 Å². The van der Waals surface area contributed by atoms with Gasteiger partial charge in [0.05, 0.1) is 0 Å². The van der Waals surface area contributed by atoms with E-state index in [2.05, 4.69) is 5.32 Å². The molecule has 0 saturated carbocycles. The van der Waals surface area contributed by atoms with Crippen LogP contribution in [0.1, 0.15) is 25.3 Å². The van der Waals surface area contributed by atoms with Gasteiger partial charge in [0.1, 0.15) is 6.04 Å². The molecule has 0 aliphatic carbocycles. The summed E-state index contributed by atoms with van der Waals surface area (Å²) in [5, 5.41) is 12.1. The van der Waals surface area contributed by atoms with Gasteiger partial charge in [-0.05, 0) is 18.1 Å². The average molecular weight is 299 g/mol. The van der Waals surface area contributed by atoms with E-state index in [0.717, 1.165) is 5.56 Å². The molecular weight excluding hydrogens is 280 g/mol. The fraction of sp³-hybridized carbons (Fsp3) is 0.429. The third-order valence-electron chi connectivity index (χ3n) is 2.89. The first-order valence-electron chi connectivity index (χ1n) is 6.43. The first-order chi connectivity index (χ1) is 9.45. The third kappa shape index (κ3) is 4.74. The molecule has 5 nitrogen and oxygen atoms in total. The lowest BCUT2D eigenvalue weighted by molar-refractivity contribution is -0.139. The first kappa shape index (κ1) is 16.3. The monoisotopic (exact) mass is 298 g/mol. The smallest absolute Gasteiger partial charge is 0.326 e. The summed E-state index contributed by atoms with van der Waals surface area (Å²) < 4.78 is 0. The second kappa shape index (κ2) is 7.75. The van der Waals surface area contributed by atoms with E-state index >= 15 is 0 Å². The fourth-order valence-electron chi connectivity index (χ4n) is 1.76. The second-order valence-electron chi connectivity index (χ2n) is 4.58. The lowest BCUT2D eigenvalue weighted by atomic mass is 10.2. The van der Waals surface area contributed by atoms with Crippen LogP contribution in [-0.2, 0) is 11.3 Å². The molecule has 0 radical (unpaired) electrons. The zero-order valence-corrected chi connectivity index (χ0v) is 12.4. The molecule has 1 atom stereocenters. The minimum Gasteiger partial charge on any atom is -0.480 e. The fourth-order valence-corrected chi connectivity index (χ4v) is 1.95. The van der Waals surface area contributed by atoms with Crippen LogP contribution in [0.2, 0.25) is 5.02 Å². The summed E-state index contributed by atoms with van der Waals surface area (Å²) in [5.74, 6) is -1.02. The van der Waals surface area contributed by atoms with E-state index in [1.54, 1.807) is 13.1 Å². The van der Waals surface area contributed by atoms with Crippen LogP contribution in [-0.4, -0.2) is 35.1 Å². The summed E-state index contributed by atoms with van der Waals surface area (Å²) in [6.07, 6.45) is 1.09. The molecule has 0 spiro atoms. The number of halogens is 1. The van der Waals surface area contributed by atoms with Gasteiger partial charge in [-0.3, -0.25) is 0 Å². The van der Waals surface area contributed by atoms with Crippen LogP contribution < -0.4 is 5.32 Å². The minimum atomic E-state index is -1.02. The number of nitrogens with one attached hydrogen (secondary N) is 1. The number of carboxylic acid groups (broad SMARTS) is 1. The van der Waals surface area contributed by atoms with Crippen LogP contribution in [0, 0.1) is 0 Å². The molecule has 2 amide bonds. The van der Waals surface area contributed by atoms with Crippen molar-refractivity contribution in [2.45, 2.75) is 32.4 Å². The molecule has 1 rings (SSSR count). The molecule has 1 aromatic carbocycles. The Morgan fingerprint density at radius 2 is 2.05 bits per heavy atom. The van der Waals surface area contributed by atoms with Crippen molar-refractivity contribution in [2.24, 2.45) is 0 Å². The Balaban J connectivity index is 2.63. The standard InChI is InChI=1S/C14H19ClN2O3/c1-3-6-12(13(18)19)16-14(20)17(2)9-10-7-4-5-8-11(10)15/h4-5,7-8,12H,3,6,9H2,1-2H3,(H,16,20)(H,18,19)/t12-/m1/s1. The number of carbonyl (C=O) groups excluding carboxylic acids is 1. The predicted octanol–water partition coefficient (Wildman–Crippen LogP) is 2.73. The highest BCUT2D eigenvalue weighted by Crippen LogP contribution is 2.16. The number of carboxylic acids is 1. The van der Waals surface area contributed by atoms with Gasteiger partial charge in [-0.1, -0.05) is 43.1 Å². The third-order valence-corrected chi connectivity index (χ3v) is 3.25. The van der Waals surface area contributed by atoms with E-state index in [9.17, 15) is 9.59 Å². The summed E-state index contributed by atoms with van der Waals surface area (Å²) in [6, 6.07) is 5.94. The maximum absolute atomic E-state index is 12.0. The number of rotatable bonds is 6. The normalized spacial score (nSPS) is 11.8. The zero-order chi connectivity index (χ0) is 15.1. The lowest BCUT2D eigenvalue weighted by Gasteiger charge is -2.21. The molecule has 20 heavy (non-hydrogen) atoms. The average Bonchev–Trinajstić information content (AvgIpc) is 2.40. The summed E-state index contributed by atoms with van der Waals surface area (Å²) in [7, 11) is 1.60. The molecule has 0 heterocycles. The highest BCUT2D eigenvalue weighted by Gasteiger charge is 2.21. The van der Waals surface area contributed by atoms with Crippen LogP contribution in [0.15, 0.2) is 24.3 Å². The molecule has 1 aromatic rings. The number of nitrogens with zero attached hydrogens (tertiary/aromatic N) is 1. The second-order valence-corrected chi connectivity index (χ2v) is 4.98. The predicted molar refractivity (Wildman–Crippen MR) is 77.8 cm³/mol. The number of carbonyl (C=O) groups is 2. The Hall–Kier alpha value is -1.75. The molecule has 0 aromatic heterocycles. The van der Waals surface area contributed by atoms with Gasteiger partial charge in [-0.2, -0.15) is 0 Å². The molecule has 0 aliphatic rings. The Bertz CT molecular complexity index is 479. The summed E-state index contributed by atoms with van der Waals surface area (Å²) in [5.41, 5.74) is 0.814. The van der Waals surface area contributed by atoms with Crippen molar-refractivity contribution in [1.29, 1.82) is 0 Å². The van der Waals surface area contributed by atoms with E-state index in [1.165, 1.54) is 4.90 Å². The molecule has 0 bridgehead atoms. The lowest BCUT2D eigenvalue weighted by Crippen LogP contribution is -2.46. The van der Waals surface area contributed by atoms with Crippen LogP contribution in [0.3, 0.4) is 0 Å². The van der Waals surface area contributed by atoms with Crippen molar-refractivity contribution < 1.29 is 14.7 Å². The molecule has 0 saturated heterocycles. The van der Waals surface area contributed by atoms with Crippen molar-refractivity contribution in [3.8, 4) is 0 Å². The molecule has 0 fully saturated rings. The Labute approximate surface area is 123 Å². The van der Waals surface area contributed by atoms with Gasteiger partial charge in [0, 0.05) is 18.6 Å². The van der Waals surface area contributed by atoms with E-state index in [1.807, 2.05) is 25.1 Å². The molecular formula is C14H19ClN2O3.